The van der Waals surface area contributed by atoms with Crippen molar-refractivity contribution >= 4 is 49.4 Å². The van der Waals surface area contributed by atoms with Gasteiger partial charge in [-0.25, -0.2) is 0 Å². The Morgan fingerprint density at radius 3 is 2.77 bits per heavy atom. The van der Waals surface area contributed by atoms with Gasteiger partial charge in [0, 0.05) is 13.4 Å². The molecule has 1 nitrogen and oxygen atoms in total. The Kier molecular flexibility index (Phi) is 2.55. The Balaban J connectivity index is 2.94. The fraction of sp³-hybridized carbons (Fsp3) is 0.100. The van der Waals surface area contributed by atoms with Crippen molar-refractivity contribution in [2.45, 2.75) is 6.92 Å². The molecule has 0 aliphatic rings. The van der Waals surface area contributed by atoms with E-state index in [2.05, 4.69) is 49.6 Å². The fourth-order valence-corrected chi connectivity index (χ4v) is 2.30. The number of rotatable bonds is 0. The van der Waals surface area contributed by atoms with Crippen LogP contribution in [-0.2, 0) is 0 Å². The van der Waals surface area contributed by atoms with Gasteiger partial charge in [0.15, 0.2) is 0 Å². The summed E-state index contributed by atoms with van der Waals surface area (Å²) in [6.07, 6.45) is 0. The van der Waals surface area contributed by atoms with E-state index in [0.29, 0.717) is 0 Å². The van der Waals surface area contributed by atoms with Crippen LogP contribution in [0, 0.1) is 10.5 Å². The summed E-state index contributed by atoms with van der Waals surface area (Å²) >= 11 is 5.89. The summed E-state index contributed by atoms with van der Waals surface area (Å²) < 4.78 is 2.34. The molecule has 1 heterocycles. The van der Waals surface area contributed by atoms with Crippen molar-refractivity contribution in [1.82, 2.24) is 4.98 Å². The van der Waals surface area contributed by atoms with Gasteiger partial charge in [-0.05, 0) is 51.5 Å². The third kappa shape index (κ3) is 1.59. The minimum absolute atomic E-state index is 1.05. The van der Waals surface area contributed by atoms with E-state index in [4.69, 9.17) is 0 Å². The number of fused-ring (bicyclic) bond motifs is 1. The average molecular weight is 348 g/mol. The predicted octanol–water partition coefficient (Wildman–Crippen LogP) is 3.91. The molecule has 0 saturated heterocycles. The number of aryl methyl sites for hydroxylation is 1. The molecule has 0 radical (unpaired) electrons. The Labute approximate surface area is 98.8 Å². The molecular weight excluding hydrogens is 341 g/mol. The summed E-state index contributed by atoms with van der Waals surface area (Å²) in [5.41, 5.74) is 2.12. The van der Waals surface area contributed by atoms with Crippen LogP contribution in [-0.4, -0.2) is 4.98 Å². The molecule has 2 rings (SSSR count). The first-order valence-electron chi connectivity index (χ1n) is 3.90. The first kappa shape index (κ1) is 9.40. The lowest BCUT2D eigenvalue weighted by Gasteiger charge is -2.04. The zero-order chi connectivity index (χ0) is 9.42. The lowest BCUT2D eigenvalue weighted by Crippen LogP contribution is -1.89. The minimum Gasteiger partial charge on any atom is -0.252 e. The summed E-state index contributed by atoms with van der Waals surface area (Å²) in [4.78, 5) is 4.50. The molecule has 2 aromatic rings. The van der Waals surface area contributed by atoms with Gasteiger partial charge in [-0.15, -0.1) is 0 Å². The van der Waals surface area contributed by atoms with Crippen LogP contribution in [0.1, 0.15) is 5.69 Å². The quantitative estimate of drug-likeness (QED) is 0.658. The first-order valence-corrected chi connectivity index (χ1v) is 5.77. The molecule has 0 unspecified atom stereocenters. The van der Waals surface area contributed by atoms with Crippen molar-refractivity contribution in [2.24, 2.45) is 0 Å². The van der Waals surface area contributed by atoms with Gasteiger partial charge in [0.25, 0.3) is 0 Å². The molecule has 0 amide bonds. The first-order chi connectivity index (χ1) is 6.20. The minimum atomic E-state index is 1.05. The van der Waals surface area contributed by atoms with Crippen molar-refractivity contribution in [3.05, 3.63) is 38.0 Å². The van der Waals surface area contributed by atoms with Crippen molar-refractivity contribution < 1.29 is 0 Å². The molecule has 0 N–H and O–H groups in total. The topological polar surface area (TPSA) is 12.9 Å². The van der Waals surface area contributed by atoms with Crippen LogP contribution in [0.5, 0.6) is 0 Å². The van der Waals surface area contributed by atoms with Crippen molar-refractivity contribution in [2.75, 3.05) is 0 Å². The molecule has 1 aromatic heterocycles. The summed E-state index contributed by atoms with van der Waals surface area (Å²) in [7, 11) is 0. The smallest absolute Gasteiger partial charge is 0.0717 e. The molecule has 0 fully saturated rings. The van der Waals surface area contributed by atoms with Gasteiger partial charge in [-0.3, -0.25) is 4.98 Å². The van der Waals surface area contributed by atoms with E-state index in [-0.39, 0.29) is 0 Å². The van der Waals surface area contributed by atoms with Gasteiger partial charge in [0.05, 0.1) is 11.2 Å². The number of nitrogens with zero attached hydrogens (tertiary/aromatic N) is 1. The molecule has 0 saturated carbocycles. The van der Waals surface area contributed by atoms with Gasteiger partial charge in [-0.1, -0.05) is 18.2 Å². The second kappa shape index (κ2) is 3.53. The Hall–Kier alpha value is -0.160. The predicted molar refractivity (Wildman–Crippen MR) is 66.9 cm³/mol. The number of benzene rings is 1. The van der Waals surface area contributed by atoms with E-state index < -0.39 is 0 Å². The number of halogens is 2. The molecule has 66 valence electrons. The molecule has 0 atom stereocenters. The molecule has 13 heavy (non-hydrogen) atoms. The largest absolute Gasteiger partial charge is 0.252 e. The Morgan fingerprint density at radius 2 is 2.00 bits per heavy atom. The third-order valence-electron chi connectivity index (χ3n) is 1.94. The second-order valence-corrected chi connectivity index (χ2v) is 4.71. The van der Waals surface area contributed by atoms with Crippen LogP contribution in [0.2, 0.25) is 0 Å². The third-order valence-corrected chi connectivity index (χ3v) is 4.82. The SMILES string of the molecule is Cc1nc2ccccc2c(Br)c1I. The van der Waals surface area contributed by atoms with Crippen LogP contribution in [0.15, 0.2) is 28.7 Å². The number of aromatic nitrogens is 1. The molecular formula is C10H7BrIN. The lowest BCUT2D eigenvalue weighted by atomic mass is 10.2. The van der Waals surface area contributed by atoms with Crippen LogP contribution in [0.25, 0.3) is 10.9 Å². The molecule has 0 bridgehead atoms. The number of hydrogen-bond acceptors (Lipinski definition) is 1. The van der Waals surface area contributed by atoms with E-state index in [9.17, 15) is 0 Å². The highest BCUT2D eigenvalue weighted by atomic mass is 127. The number of pyridine rings is 1. The Bertz CT molecular complexity index is 468. The van der Waals surface area contributed by atoms with E-state index in [0.717, 1.165) is 15.7 Å². The van der Waals surface area contributed by atoms with E-state index >= 15 is 0 Å². The van der Waals surface area contributed by atoms with Crippen molar-refractivity contribution in [1.29, 1.82) is 0 Å². The van der Waals surface area contributed by atoms with Crippen LogP contribution >= 0.6 is 38.5 Å². The number of para-hydroxylation sites is 1. The van der Waals surface area contributed by atoms with Crippen molar-refractivity contribution in [3.63, 3.8) is 0 Å². The average Bonchev–Trinajstić information content (AvgIpc) is 2.15. The molecule has 3 heteroatoms. The van der Waals surface area contributed by atoms with Gasteiger partial charge in [0.1, 0.15) is 0 Å². The highest BCUT2D eigenvalue weighted by molar-refractivity contribution is 14.1. The summed E-state index contributed by atoms with van der Waals surface area (Å²) in [6.45, 7) is 2.03. The zero-order valence-corrected chi connectivity index (χ0v) is 10.8. The van der Waals surface area contributed by atoms with E-state index in [1.165, 1.54) is 8.96 Å². The van der Waals surface area contributed by atoms with Gasteiger partial charge >= 0.3 is 0 Å². The van der Waals surface area contributed by atoms with Gasteiger partial charge < -0.3 is 0 Å². The molecule has 0 spiro atoms. The molecule has 0 aliphatic carbocycles. The van der Waals surface area contributed by atoms with Gasteiger partial charge in [0.2, 0.25) is 0 Å². The maximum absolute atomic E-state index is 4.50. The normalized spacial score (nSPS) is 10.7. The zero-order valence-electron chi connectivity index (χ0n) is 7.01. The van der Waals surface area contributed by atoms with Crippen molar-refractivity contribution in [3.8, 4) is 0 Å². The van der Waals surface area contributed by atoms with Crippen LogP contribution < -0.4 is 0 Å². The molecule has 0 aliphatic heterocycles. The molecule has 1 aromatic carbocycles. The summed E-state index contributed by atoms with van der Waals surface area (Å²) in [5, 5.41) is 1.18. The van der Waals surface area contributed by atoms with Crippen LogP contribution in [0.4, 0.5) is 0 Å². The summed E-state index contributed by atoms with van der Waals surface area (Å²) in [6, 6.07) is 8.14. The van der Waals surface area contributed by atoms with Crippen LogP contribution in [0.3, 0.4) is 0 Å². The maximum Gasteiger partial charge on any atom is 0.0717 e. The summed E-state index contributed by atoms with van der Waals surface area (Å²) in [5.74, 6) is 0. The van der Waals surface area contributed by atoms with Gasteiger partial charge in [-0.2, -0.15) is 0 Å². The second-order valence-electron chi connectivity index (χ2n) is 2.84. The number of hydrogen-bond donors (Lipinski definition) is 0. The maximum atomic E-state index is 4.50. The monoisotopic (exact) mass is 347 g/mol. The lowest BCUT2D eigenvalue weighted by molar-refractivity contribution is 1.22. The standard InChI is InChI=1S/C10H7BrIN/c1-6-10(12)9(11)7-4-2-3-5-8(7)13-6/h2-5H,1H3. The van der Waals surface area contributed by atoms with E-state index in [1.807, 2.05) is 25.1 Å². The highest BCUT2D eigenvalue weighted by Crippen LogP contribution is 2.29. The Morgan fingerprint density at radius 1 is 1.31 bits per heavy atom. The van der Waals surface area contributed by atoms with E-state index in [1.54, 1.807) is 0 Å². The highest BCUT2D eigenvalue weighted by Gasteiger charge is 2.06. The fourth-order valence-electron chi connectivity index (χ4n) is 1.26.